The monoisotopic (exact) mass is 271 g/mol. The van der Waals surface area contributed by atoms with Crippen molar-refractivity contribution in [3.8, 4) is 0 Å². The van der Waals surface area contributed by atoms with Gasteiger partial charge in [0.25, 0.3) is 0 Å². The maximum Gasteiger partial charge on any atom is 0.167 e. The molecule has 4 nitrogen and oxygen atoms in total. The minimum atomic E-state index is -0.170. The molecule has 1 aromatic heterocycles. The normalized spacial score (nSPS) is 15.0. The minimum Gasteiger partial charge on any atom is -0.394 e. The lowest BCUT2D eigenvalue weighted by Crippen LogP contribution is -2.49. The van der Waals surface area contributed by atoms with Crippen LogP contribution in [0.2, 0.25) is 0 Å². The topological polar surface area (TPSA) is 50.1 Å². The molecule has 0 spiro atoms. The molecule has 1 aromatic rings. The van der Waals surface area contributed by atoms with E-state index in [4.69, 9.17) is 0 Å². The highest BCUT2D eigenvalue weighted by Crippen LogP contribution is 2.19. The molecular weight excluding hydrogens is 246 g/mol. The molecular formula is C13H25N3OS. The molecule has 0 aliphatic rings. The van der Waals surface area contributed by atoms with Crippen LogP contribution in [0.15, 0.2) is 17.6 Å². The van der Waals surface area contributed by atoms with E-state index in [0.717, 1.165) is 23.8 Å². The molecule has 0 aromatic carbocycles. The third kappa shape index (κ3) is 5.00. The van der Waals surface area contributed by atoms with Crippen LogP contribution in [0.25, 0.3) is 0 Å². The third-order valence-corrected chi connectivity index (χ3v) is 4.01. The maximum absolute atomic E-state index is 9.48. The van der Waals surface area contributed by atoms with Gasteiger partial charge in [0, 0.05) is 36.8 Å². The van der Waals surface area contributed by atoms with Gasteiger partial charge in [0.1, 0.15) is 0 Å². The molecule has 0 bridgehead atoms. The average Bonchev–Trinajstić information content (AvgIpc) is 2.70. The molecule has 104 valence electrons. The van der Waals surface area contributed by atoms with Crippen molar-refractivity contribution in [1.29, 1.82) is 0 Å². The zero-order chi connectivity index (χ0) is 13.6. The number of hydrogen-bond acceptors (Lipinski definition) is 4. The fourth-order valence-electron chi connectivity index (χ4n) is 2.01. The summed E-state index contributed by atoms with van der Waals surface area (Å²) in [7, 11) is 2.01. The summed E-state index contributed by atoms with van der Waals surface area (Å²) >= 11 is 1.77. The lowest BCUT2D eigenvalue weighted by atomic mass is 9.96. The predicted octanol–water partition coefficient (Wildman–Crippen LogP) is 2.04. The molecule has 1 atom stereocenters. The van der Waals surface area contributed by atoms with Gasteiger partial charge in [0.15, 0.2) is 5.16 Å². The van der Waals surface area contributed by atoms with Crippen molar-refractivity contribution in [2.24, 2.45) is 7.05 Å². The first-order valence-electron chi connectivity index (χ1n) is 6.45. The van der Waals surface area contributed by atoms with E-state index in [9.17, 15) is 5.11 Å². The molecule has 1 unspecified atom stereocenters. The van der Waals surface area contributed by atoms with Gasteiger partial charge in [0.2, 0.25) is 0 Å². The summed E-state index contributed by atoms with van der Waals surface area (Å²) < 4.78 is 2.03. The number of thioether (sulfide) groups is 1. The van der Waals surface area contributed by atoms with Crippen LogP contribution in [-0.4, -0.2) is 38.6 Å². The van der Waals surface area contributed by atoms with E-state index in [2.05, 4.69) is 31.1 Å². The second kappa shape index (κ2) is 7.16. The van der Waals surface area contributed by atoms with E-state index in [1.165, 1.54) is 0 Å². The minimum absolute atomic E-state index is 0.170. The van der Waals surface area contributed by atoms with Gasteiger partial charge in [-0.1, -0.05) is 25.6 Å². The number of aliphatic hydroxyl groups is 1. The SMILES string of the molecule is CC(C)NC(C)(CO)CCCSc1nccn1C. The van der Waals surface area contributed by atoms with E-state index in [1.807, 2.05) is 24.0 Å². The summed E-state index contributed by atoms with van der Waals surface area (Å²) in [5, 5.41) is 14.0. The van der Waals surface area contributed by atoms with Gasteiger partial charge in [-0.25, -0.2) is 4.98 Å². The third-order valence-electron chi connectivity index (χ3n) is 2.87. The van der Waals surface area contributed by atoms with Gasteiger partial charge < -0.3 is 15.0 Å². The van der Waals surface area contributed by atoms with Crippen molar-refractivity contribution in [2.75, 3.05) is 12.4 Å². The van der Waals surface area contributed by atoms with E-state index < -0.39 is 0 Å². The Kier molecular flexibility index (Phi) is 6.18. The van der Waals surface area contributed by atoms with Crippen LogP contribution in [0.5, 0.6) is 0 Å². The second-order valence-corrected chi connectivity index (χ2v) is 6.35. The number of rotatable bonds is 8. The summed E-state index contributed by atoms with van der Waals surface area (Å²) in [6.07, 6.45) is 5.81. The summed E-state index contributed by atoms with van der Waals surface area (Å²) in [5.74, 6) is 1.03. The smallest absolute Gasteiger partial charge is 0.167 e. The van der Waals surface area contributed by atoms with Gasteiger partial charge in [-0.15, -0.1) is 0 Å². The Hall–Kier alpha value is -0.520. The van der Waals surface area contributed by atoms with Gasteiger partial charge >= 0.3 is 0 Å². The van der Waals surface area contributed by atoms with Crippen molar-refractivity contribution >= 4 is 11.8 Å². The van der Waals surface area contributed by atoms with Crippen LogP contribution in [0.4, 0.5) is 0 Å². The Morgan fingerprint density at radius 2 is 2.28 bits per heavy atom. The highest BCUT2D eigenvalue weighted by Gasteiger charge is 2.23. The number of nitrogens with zero attached hydrogens (tertiary/aromatic N) is 2. The van der Waals surface area contributed by atoms with Crippen LogP contribution in [0.3, 0.4) is 0 Å². The first-order chi connectivity index (χ1) is 8.47. The maximum atomic E-state index is 9.48. The van der Waals surface area contributed by atoms with Crippen molar-refractivity contribution in [2.45, 2.75) is 50.4 Å². The summed E-state index contributed by atoms with van der Waals surface area (Å²) in [5.41, 5.74) is -0.170. The molecule has 1 heterocycles. The zero-order valence-electron chi connectivity index (χ0n) is 11.8. The van der Waals surface area contributed by atoms with Gasteiger partial charge in [-0.05, 0) is 19.8 Å². The lowest BCUT2D eigenvalue weighted by molar-refractivity contribution is 0.156. The summed E-state index contributed by atoms with van der Waals surface area (Å²) in [6, 6.07) is 0.393. The molecule has 0 saturated carbocycles. The number of aliphatic hydroxyl groups excluding tert-OH is 1. The molecule has 1 rings (SSSR count). The van der Waals surface area contributed by atoms with Crippen LogP contribution in [-0.2, 0) is 7.05 Å². The van der Waals surface area contributed by atoms with Gasteiger partial charge in [0.05, 0.1) is 6.61 Å². The van der Waals surface area contributed by atoms with Crippen LogP contribution in [0, 0.1) is 0 Å². The molecule has 0 fully saturated rings. The second-order valence-electron chi connectivity index (χ2n) is 5.29. The average molecular weight is 271 g/mol. The molecule has 2 N–H and O–H groups in total. The Balaban J connectivity index is 2.29. The Labute approximate surface area is 114 Å². The summed E-state index contributed by atoms with van der Waals surface area (Å²) in [4.78, 5) is 4.28. The number of imidazole rings is 1. The van der Waals surface area contributed by atoms with E-state index in [1.54, 1.807) is 11.8 Å². The molecule has 0 saturated heterocycles. The number of hydrogen-bond donors (Lipinski definition) is 2. The Morgan fingerprint density at radius 3 is 2.78 bits per heavy atom. The van der Waals surface area contributed by atoms with Crippen molar-refractivity contribution in [1.82, 2.24) is 14.9 Å². The van der Waals surface area contributed by atoms with Crippen molar-refractivity contribution < 1.29 is 5.11 Å². The van der Waals surface area contributed by atoms with E-state index >= 15 is 0 Å². The number of aromatic nitrogens is 2. The molecule has 0 aliphatic heterocycles. The standard InChI is InChI=1S/C13H25N3OS/c1-11(2)15-13(3,10-17)6-5-9-18-12-14-7-8-16(12)4/h7-8,11,15,17H,5-6,9-10H2,1-4H3. The predicted molar refractivity (Wildman–Crippen MR) is 76.9 cm³/mol. The molecule has 0 radical (unpaired) electrons. The van der Waals surface area contributed by atoms with Crippen LogP contribution < -0.4 is 5.32 Å². The first kappa shape index (κ1) is 15.5. The Bertz CT molecular complexity index is 354. The molecule has 0 amide bonds. The quantitative estimate of drug-likeness (QED) is 0.561. The van der Waals surface area contributed by atoms with Gasteiger partial charge in [-0.3, -0.25) is 0 Å². The fourth-order valence-corrected chi connectivity index (χ4v) is 2.88. The Morgan fingerprint density at radius 1 is 1.56 bits per heavy atom. The highest BCUT2D eigenvalue weighted by atomic mass is 32.2. The van der Waals surface area contributed by atoms with Gasteiger partial charge in [-0.2, -0.15) is 0 Å². The number of aryl methyl sites for hydroxylation is 1. The zero-order valence-corrected chi connectivity index (χ0v) is 12.6. The van der Waals surface area contributed by atoms with Crippen molar-refractivity contribution in [3.63, 3.8) is 0 Å². The van der Waals surface area contributed by atoms with Crippen LogP contribution in [0.1, 0.15) is 33.6 Å². The largest absolute Gasteiger partial charge is 0.394 e. The molecule has 5 heteroatoms. The molecule has 18 heavy (non-hydrogen) atoms. The van der Waals surface area contributed by atoms with E-state index in [0.29, 0.717) is 6.04 Å². The lowest BCUT2D eigenvalue weighted by Gasteiger charge is -2.31. The first-order valence-corrected chi connectivity index (χ1v) is 7.44. The fraction of sp³-hybridized carbons (Fsp3) is 0.769. The molecule has 0 aliphatic carbocycles. The van der Waals surface area contributed by atoms with E-state index in [-0.39, 0.29) is 12.1 Å². The highest BCUT2D eigenvalue weighted by molar-refractivity contribution is 7.99. The van der Waals surface area contributed by atoms with Crippen LogP contribution >= 0.6 is 11.8 Å². The number of nitrogens with one attached hydrogen (secondary N) is 1. The van der Waals surface area contributed by atoms with Crippen molar-refractivity contribution in [3.05, 3.63) is 12.4 Å². The summed E-state index contributed by atoms with van der Waals surface area (Å²) in [6.45, 7) is 6.48.